The van der Waals surface area contributed by atoms with Crippen LogP contribution in [-0.4, -0.2) is 24.0 Å². The molecule has 0 amide bonds. The van der Waals surface area contributed by atoms with Crippen LogP contribution >= 0.6 is 0 Å². The van der Waals surface area contributed by atoms with Crippen LogP contribution < -0.4 is 11.5 Å². The number of hydrogen-bond donors (Lipinski definition) is 3. The molecule has 0 radical (unpaired) electrons. The summed E-state index contributed by atoms with van der Waals surface area (Å²) in [6.07, 6.45) is 0. The monoisotopic (exact) mass is 120 g/mol. The minimum Gasteiger partial charge on any atom is -0.477 e. The van der Waals surface area contributed by atoms with E-state index in [1.807, 2.05) is 0 Å². The van der Waals surface area contributed by atoms with E-state index in [-0.39, 0.29) is 0 Å². The van der Waals surface area contributed by atoms with Crippen LogP contribution in [0.1, 0.15) is 0 Å². The molecule has 48 valence electrons. The summed E-state index contributed by atoms with van der Waals surface area (Å²) >= 11 is 0. The molecule has 0 rings (SSSR count). The molecule has 0 aromatic heterocycles. The van der Waals surface area contributed by atoms with Crippen LogP contribution in [-0.2, 0) is 9.53 Å². The number of hydrogen-bond acceptors (Lipinski definition) is 4. The number of rotatable bonds is 2. The minimum absolute atomic E-state index is 1.12. The number of aliphatic carboxylic acids is 1. The lowest BCUT2D eigenvalue weighted by atomic mass is 10.5. The lowest BCUT2D eigenvalue weighted by Crippen LogP contribution is -2.57. The van der Waals surface area contributed by atoms with E-state index in [2.05, 4.69) is 4.74 Å². The Morgan fingerprint density at radius 2 is 2.12 bits per heavy atom. The highest BCUT2D eigenvalue weighted by Crippen LogP contribution is 1.87. The van der Waals surface area contributed by atoms with Gasteiger partial charge in [0, 0.05) is 7.11 Å². The molecule has 0 atom stereocenters. The average Bonchev–Trinajstić information content (AvgIpc) is 1.67. The summed E-state index contributed by atoms with van der Waals surface area (Å²) in [6, 6.07) is 0. The molecular formula is C3H8N2O3. The molecule has 5 N–H and O–H groups in total. The highest BCUT2D eigenvalue weighted by molar-refractivity contribution is 5.75. The van der Waals surface area contributed by atoms with Gasteiger partial charge in [0.05, 0.1) is 0 Å². The van der Waals surface area contributed by atoms with Crippen molar-refractivity contribution in [1.82, 2.24) is 0 Å². The minimum atomic E-state index is -2.04. The number of nitrogens with two attached hydrogens (primary N) is 2. The Kier molecular flexibility index (Phi) is 1.91. The third-order valence-corrected chi connectivity index (χ3v) is 0.672. The summed E-state index contributed by atoms with van der Waals surface area (Å²) in [5, 5.41) is 8.07. The molecule has 5 nitrogen and oxygen atoms in total. The largest absolute Gasteiger partial charge is 0.477 e. The second-order valence-electron chi connectivity index (χ2n) is 1.30. The van der Waals surface area contributed by atoms with Crippen molar-refractivity contribution in [2.75, 3.05) is 7.11 Å². The van der Waals surface area contributed by atoms with Crippen LogP contribution in [0.3, 0.4) is 0 Å². The third kappa shape index (κ3) is 1.45. The fraction of sp³-hybridized carbons (Fsp3) is 0.667. The average molecular weight is 120 g/mol. The molecular weight excluding hydrogens is 112 g/mol. The van der Waals surface area contributed by atoms with Gasteiger partial charge in [0.15, 0.2) is 0 Å². The van der Waals surface area contributed by atoms with Crippen molar-refractivity contribution >= 4 is 5.97 Å². The van der Waals surface area contributed by atoms with Crippen LogP contribution in [0.2, 0.25) is 0 Å². The first-order chi connectivity index (χ1) is 3.50. The zero-order chi connectivity index (χ0) is 6.78. The first-order valence-electron chi connectivity index (χ1n) is 1.87. The van der Waals surface area contributed by atoms with Gasteiger partial charge in [-0.05, 0) is 0 Å². The lowest BCUT2D eigenvalue weighted by Gasteiger charge is -2.15. The molecule has 8 heavy (non-hydrogen) atoms. The molecule has 0 bridgehead atoms. The van der Waals surface area contributed by atoms with Gasteiger partial charge in [-0.1, -0.05) is 0 Å². The van der Waals surface area contributed by atoms with Gasteiger partial charge in [-0.3, -0.25) is 11.5 Å². The van der Waals surface area contributed by atoms with Crippen molar-refractivity contribution in [3.8, 4) is 0 Å². The molecule has 0 fully saturated rings. The maximum absolute atomic E-state index is 9.88. The zero-order valence-electron chi connectivity index (χ0n) is 4.42. The second-order valence-corrected chi connectivity index (χ2v) is 1.30. The van der Waals surface area contributed by atoms with Gasteiger partial charge in [0.2, 0.25) is 0 Å². The van der Waals surface area contributed by atoms with Gasteiger partial charge in [-0.25, -0.2) is 4.79 Å². The van der Waals surface area contributed by atoms with Crippen molar-refractivity contribution in [1.29, 1.82) is 0 Å². The van der Waals surface area contributed by atoms with Gasteiger partial charge < -0.3 is 9.84 Å². The molecule has 0 saturated heterocycles. The Balaban J connectivity index is 3.91. The second kappa shape index (κ2) is 2.08. The Bertz CT molecular complexity index is 101. The lowest BCUT2D eigenvalue weighted by molar-refractivity contribution is -0.160. The quantitative estimate of drug-likeness (QED) is 0.377. The Morgan fingerprint density at radius 3 is 2.12 bits per heavy atom. The molecule has 0 heterocycles. The van der Waals surface area contributed by atoms with E-state index < -0.39 is 11.8 Å². The van der Waals surface area contributed by atoms with Crippen LogP contribution in [0.5, 0.6) is 0 Å². The Hall–Kier alpha value is -0.650. The maximum atomic E-state index is 9.88. The normalized spacial score (nSPS) is 11.4. The Morgan fingerprint density at radius 1 is 1.75 bits per heavy atom. The van der Waals surface area contributed by atoms with Gasteiger partial charge in [0.25, 0.3) is 5.85 Å². The molecule has 0 aromatic rings. The van der Waals surface area contributed by atoms with Crippen molar-refractivity contribution < 1.29 is 14.6 Å². The van der Waals surface area contributed by atoms with E-state index in [0.717, 1.165) is 7.11 Å². The standard InChI is InChI=1S/C3H8N2O3/c1-8-3(4,5)2(6)7/h4-5H2,1H3,(H,6,7). The van der Waals surface area contributed by atoms with E-state index in [0.29, 0.717) is 0 Å². The van der Waals surface area contributed by atoms with Crippen molar-refractivity contribution in [3.63, 3.8) is 0 Å². The van der Waals surface area contributed by atoms with E-state index in [9.17, 15) is 4.79 Å². The molecule has 0 unspecified atom stereocenters. The fourth-order valence-electron chi connectivity index (χ4n) is 0.0873. The molecule has 0 aliphatic heterocycles. The third-order valence-electron chi connectivity index (χ3n) is 0.672. The predicted octanol–water partition coefficient (Wildman–Crippen LogP) is -1.71. The number of ether oxygens (including phenoxy) is 1. The number of carboxylic acid groups (broad SMARTS) is 1. The van der Waals surface area contributed by atoms with Crippen LogP contribution in [0.15, 0.2) is 0 Å². The Labute approximate surface area is 46.2 Å². The summed E-state index contributed by atoms with van der Waals surface area (Å²) in [4.78, 5) is 9.88. The highest BCUT2D eigenvalue weighted by atomic mass is 16.5. The number of methoxy groups -OCH3 is 1. The van der Waals surface area contributed by atoms with Crippen molar-refractivity contribution in [2.45, 2.75) is 5.85 Å². The van der Waals surface area contributed by atoms with Crippen molar-refractivity contribution in [3.05, 3.63) is 0 Å². The van der Waals surface area contributed by atoms with Crippen LogP contribution in [0.25, 0.3) is 0 Å². The van der Waals surface area contributed by atoms with E-state index in [4.69, 9.17) is 16.6 Å². The van der Waals surface area contributed by atoms with Gasteiger partial charge in [-0.15, -0.1) is 0 Å². The SMILES string of the molecule is COC(N)(N)C(=O)O. The summed E-state index contributed by atoms with van der Waals surface area (Å²) in [7, 11) is 1.12. The first kappa shape index (κ1) is 7.35. The summed E-state index contributed by atoms with van der Waals surface area (Å²) in [6.45, 7) is 0. The van der Waals surface area contributed by atoms with Crippen LogP contribution in [0, 0.1) is 0 Å². The molecule has 0 aliphatic rings. The van der Waals surface area contributed by atoms with E-state index >= 15 is 0 Å². The molecule has 0 saturated carbocycles. The molecule has 0 aliphatic carbocycles. The fourth-order valence-corrected chi connectivity index (χ4v) is 0.0873. The molecule has 0 aromatic carbocycles. The topological polar surface area (TPSA) is 98.6 Å². The van der Waals surface area contributed by atoms with Crippen molar-refractivity contribution in [2.24, 2.45) is 11.5 Å². The van der Waals surface area contributed by atoms with Crippen LogP contribution in [0.4, 0.5) is 0 Å². The first-order valence-corrected chi connectivity index (χ1v) is 1.87. The van der Waals surface area contributed by atoms with Gasteiger partial charge in [-0.2, -0.15) is 0 Å². The van der Waals surface area contributed by atoms with E-state index in [1.54, 1.807) is 0 Å². The predicted molar refractivity (Wildman–Crippen MR) is 25.8 cm³/mol. The summed E-state index contributed by atoms with van der Waals surface area (Å²) < 4.78 is 4.16. The van der Waals surface area contributed by atoms with E-state index in [1.165, 1.54) is 0 Å². The summed E-state index contributed by atoms with van der Waals surface area (Å²) in [5.41, 5.74) is 9.63. The zero-order valence-corrected chi connectivity index (χ0v) is 4.42. The maximum Gasteiger partial charge on any atom is 0.367 e. The number of carboxylic acids is 1. The van der Waals surface area contributed by atoms with Gasteiger partial charge in [0.1, 0.15) is 0 Å². The smallest absolute Gasteiger partial charge is 0.367 e. The molecule has 0 spiro atoms. The summed E-state index contributed by atoms with van der Waals surface area (Å²) in [5.74, 6) is -3.43. The van der Waals surface area contributed by atoms with Gasteiger partial charge >= 0.3 is 5.97 Å². The molecule has 5 heteroatoms. The highest BCUT2D eigenvalue weighted by Gasteiger charge is 2.27. The number of carbonyl (C=O) groups is 1.